The molecule has 1 aliphatic rings. The summed E-state index contributed by atoms with van der Waals surface area (Å²) < 4.78 is 14.3. The van der Waals surface area contributed by atoms with Gasteiger partial charge in [0.2, 0.25) is 0 Å². The van der Waals surface area contributed by atoms with E-state index in [1.807, 2.05) is 13.8 Å². The van der Waals surface area contributed by atoms with Crippen LogP contribution in [-0.4, -0.2) is 6.04 Å². The van der Waals surface area contributed by atoms with Crippen LogP contribution in [0.25, 0.3) is 0 Å². The molecule has 0 aromatic heterocycles. The van der Waals surface area contributed by atoms with Gasteiger partial charge in [-0.1, -0.05) is 24.3 Å². The zero-order valence-electron chi connectivity index (χ0n) is 12.9. The molecule has 0 saturated heterocycles. The Morgan fingerprint density at radius 3 is 2.71 bits per heavy atom. The van der Waals surface area contributed by atoms with E-state index in [1.165, 1.54) is 11.3 Å². The largest absolute Gasteiger partial charge is 0.382 e. The van der Waals surface area contributed by atoms with Crippen molar-refractivity contribution in [1.82, 2.24) is 0 Å². The van der Waals surface area contributed by atoms with Crippen molar-refractivity contribution in [2.75, 3.05) is 5.32 Å². The number of hydrogen-bond donors (Lipinski definition) is 1. The predicted molar refractivity (Wildman–Crippen MR) is 86.5 cm³/mol. The first-order chi connectivity index (χ1) is 10.0. The molecular weight excluding hydrogens is 261 g/mol. The van der Waals surface area contributed by atoms with Crippen LogP contribution in [0.1, 0.15) is 41.5 Å². The third-order valence-corrected chi connectivity index (χ3v) is 4.45. The normalized spacial score (nSPS) is 20.8. The zero-order valence-corrected chi connectivity index (χ0v) is 12.9. The summed E-state index contributed by atoms with van der Waals surface area (Å²) in [7, 11) is 0. The minimum Gasteiger partial charge on any atom is -0.382 e. The first kappa shape index (κ1) is 14.1. The molecule has 1 N–H and O–H groups in total. The topological polar surface area (TPSA) is 12.0 Å². The van der Waals surface area contributed by atoms with E-state index < -0.39 is 0 Å². The lowest BCUT2D eigenvalue weighted by Gasteiger charge is -2.32. The van der Waals surface area contributed by atoms with E-state index in [0.29, 0.717) is 12.0 Å². The van der Waals surface area contributed by atoms with Crippen LogP contribution < -0.4 is 5.32 Å². The van der Waals surface area contributed by atoms with Gasteiger partial charge in [-0.3, -0.25) is 0 Å². The summed E-state index contributed by atoms with van der Waals surface area (Å²) >= 11 is 0. The lowest BCUT2D eigenvalue weighted by atomic mass is 9.82. The van der Waals surface area contributed by atoms with Crippen LogP contribution in [0.5, 0.6) is 0 Å². The second kappa shape index (κ2) is 5.51. The number of rotatable bonds is 2. The minimum absolute atomic E-state index is 0.0591. The highest BCUT2D eigenvalue weighted by Crippen LogP contribution is 2.37. The van der Waals surface area contributed by atoms with Crippen molar-refractivity contribution in [2.24, 2.45) is 0 Å². The molecule has 110 valence electrons. The lowest BCUT2D eigenvalue weighted by molar-refractivity contribution is 0.530. The highest BCUT2D eigenvalue weighted by Gasteiger charge is 2.25. The molecule has 0 bridgehead atoms. The Balaban J connectivity index is 1.96. The van der Waals surface area contributed by atoms with Gasteiger partial charge in [0.05, 0.1) is 0 Å². The molecule has 0 radical (unpaired) electrons. The van der Waals surface area contributed by atoms with Crippen molar-refractivity contribution < 1.29 is 4.39 Å². The molecule has 1 heterocycles. The van der Waals surface area contributed by atoms with Gasteiger partial charge >= 0.3 is 0 Å². The first-order valence-corrected chi connectivity index (χ1v) is 7.65. The number of hydrogen-bond acceptors (Lipinski definition) is 1. The minimum atomic E-state index is -0.0591. The van der Waals surface area contributed by atoms with Crippen LogP contribution in [-0.2, 0) is 6.42 Å². The molecule has 3 rings (SSSR count). The van der Waals surface area contributed by atoms with Gasteiger partial charge < -0.3 is 5.32 Å². The lowest BCUT2D eigenvalue weighted by Crippen LogP contribution is -2.26. The summed E-state index contributed by atoms with van der Waals surface area (Å²) in [6, 6.07) is 12.6. The number of nitrogens with one attached hydrogen (secondary N) is 1. The molecule has 0 fully saturated rings. The van der Waals surface area contributed by atoms with Crippen LogP contribution in [0.2, 0.25) is 0 Å². The number of benzene rings is 2. The number of aryl methyl sites for hydroxylation is 2. The van der Waals surface area contributed by atoms with Crippen molar-refractivity contribution in [1.29, 1.82) is 0 Å². The summed E-state index contributed by atoms with van der Waals surface area (Å²) in [6.45, 7) is 6.16. The molecule has 2 aromatic carbocycles. The van der Waals surface area contributed by atoms with Gasteiger partial charge in [-0.05, 0) is 73.9 Å². The smallest absolute Gasteiger partial charge is 0.126 e. The van der Waals surface area contributed by atoms with Gasteiger partial charge in [-0.25, -0.2) is 4.39 Å². The average Bonchev–Trinajstić information content (AvgIpc) is 2.42. The number of para-hydroxylation sites is 1. The molecule has 21 heavy (non-hydrogen) atoms. The molecule has 2 heteroatoms. The van der Waals surface area contributed by atoms with E-state index in [0.717, 1.165) is 29.5 Å². The maximum atomic E-state index is 14.3. The first-order valence-electron chi connectivity index (χ1n) is 7.65. The Morgan fingerprint density at radius 2 is 1.95 bits per heavy atom. The number of fused-ring (bicyclic) bond motifs is 1. The number of halogens is 1. The summed E-state index contributed by atoms with van der Waals surface area (Å²) in [5.74, 6) is 0.324. The van der Waals surface area contributed by atoms with Crippen LogP contribution in [0, 0.1) is 19.7 Å². The van der Waals surface area contributed by atoms with Crippen molar-refractivity contribution >= 4 is 5.69 Å². The molecule has 2 unspecified atom stereocenters. The summed E-state index contributed by atoms with van der Waals surface area (Å²) in [4.78, 5) is 0. The van der Waals surface area contributed by atoms with Crippen molar-refractivity contribution in [3.05, 3.63) is 64.5 Å². The van der Waals surface area contributed by atoms with Crippen molar-refractivity contribution in [3.8, 4) is 0 Å². The molecule has 0 spiro atoms. The molecule has 1 aliphatic heterocycles. The quantitative estimate of drug-likeness (QED) is 0.820. The molecule has 0 aliphatic carbocycles. The Hall–Kier alpha value is -1.83. The van der Waals surface area contributed by atoms with E-state index >= 15 is 0 Å². The van der Waals surface area contributed by atoms with E-state index in [9.17, 15) is 4.39 Å². The van der Waals surface area contributed by atoms with Crippen LogP contribution in [0.15, 0.2) is 36.4 Å². The maximum Gasteiger partial charge on any atom is 0.126 e. The fourth-order valence-electron chi connectivity index (χ4n) is 3.51. The zero-order chi connectivity index (χ0) is 15.0. The molecule has 1 nitrogen and oxygen atoms in total. The maximum absolute atomic E-state index is 14.3. The third-order valence-electron chi connectivity index (χ3n) is 4.45. The van der Waals surface area contributed by atoms with Gasteiger partial charge in [0.1, 0.15) is 5.82 Å². The predicted octanol–water partition coefficient (Wildman–Crippen LogP) is 4.97. The van der Waals surface area contributed by atoms with Crippen molar-refractivity contribution in [3.63, 3.8) is 0 Å². The van der Waals surface area contributed by atoms with E-state index in [4.69, 9.17) is 0 Å². The van der Waals surface area contributed by atoms with Crippen molar-refractivity contribution in [2.45, 2.75) is 45.6 Å². The molecule has 0 amide bonds. The third kappa shape index (κ3) is 2.80. The molecular formula is C19H22FN. The highest BCUT2D eigenvalue weighted by molar-refractivity contribution is 5.56. The van der Waals surface area contributed by atoms with Crippen LogP contribution in [0.3, 0.4) is 0 Å². The Kier molecular flexibility index (Phi) is 3.71. The second-order valence-corrected chi connectivity index (χ2v) is 6.31. The van der Waals surface area contributed by atoms with Gasteiger partial charge in [0.25, 0.3) is 0 Å². The fourth-order valence-corrected chi connectivity index (χ4v) is 3.51. The summed E-state index contributed by atoms with van der Waals surface area (Å²) in [5, 5.41) is 3.52. The van der Waals surface area contributed by atoms with E-state index in [-0.39, 0.29) is 5.82 Å². The molecule has 2 aromatic rings. The summed E-state index contributed by atoms with van der Waals surface area (Å²) in [5.41, 5.74) is 5.44. The molecule has 0 saturated carbocycles. The summed E-state index contributed by atoms with van der Waals surface area (Å²) in [6.07, 6.45) is 1.82. The van der Waals surface area contributed by atoms with E-state index in [2.05, 4.69) is 42.6 Å². The standard InChI is InChI=1S/C19H22FN/c1-12-8-13(2)17(18(20)9-12)11-15-10-14(3)21-19-7-5-4-6-16(15)19/h4-9,14-15,21H,10-11H2,1-3H3. The van der Waals surface area contributed by atoms with Crippen LogP contribution in [0.4, 0.5) is 10.1 Å². The average molecular weight is 283 g/mol. The number of anilines is 1. The second-order valence-electron chi connectivity index (χ2n) is 6.31. The van der Waals surface area contributed by atoms with Gasteiger partial charge in [0, 0.05) is 11.7 Å². The Bertz CT molecular complexity index is 639. The van der Waals surface area contributed by atoms with Gasteiger partial charge in [-0.15, -0.1) is 0 Å². The van der Waals surface area contributed by atoms with Gasteiger partial charge in [-0.2, -0.15) is 0 Å². The SMILES string of the molecule is Cc1cc(C)c(CC2CC(C)Nc3ccccc32)c(F)c1. The van der Waals surface area contributed by atoms with Gasteiger partial charge in [0.15, 0.2) is 0 Å². The fraction of sp³-hybridized carbons (Fsp3) is 0.368. The van der Waals surface area contributed by atoms with E-state index in [1.54, 1.807) is 6.07 Å². The Labute approximate surface area is 126 Å². The molecule has 2 atom stereocenters. The monoisotopic (exact) mass is 283 g/mol. The van der Waals surface area contributed by atoms with Crippen LogP contribution >= 0.6 is 0 Å². The highest BCUT2D eigenvalue weighted by atomic mass is 19.1. The Morgan fingerprint density at radius 1 is 1.19 bits per heavy atom.